The van der Waals surface area contributed by atoms with Crippen LogP contribution in [0.15, 0.2) is 22.7 Å². The normalized spacial score (nSPS) is 19.3. The number of likely N-dealkylation sites (N-methyl/N-ethyl adjacent to an activating group) is 2. The van der Waals surface area contributed by atoms with Crippen LogP contribution >= 0.6 is 15.9 Å². The van der Waals surface area contributed by atoms with Crippen molar-refractivity contribution >= 4 is 21.8 Å². The Hall–Kier alpha value is -0.940. The van der Waals surface area contributed by atoms with Crippen LogP contribution in [0.4, 0.5) is 4.39 Å². The Kier molecular flexibility index (Phi) is 5.16. The number of halogens is 2. The minimum absolute atomic E-state index is 0.0696. The first kappa shape index (κ1) is 15.4. The molecule has 0 N–H and O–H groups in total. The Balaban J connectivity index is 2.05. The number of benzene rings is 1. The minimum atomic E-state index is -0.343. The highest BCUT2D eigenvalue weighted by molar-refractivity contribution is 9.10. The molecule has 1 aliphatic heterocycles. The summed E-state index contributed by atoms with van der Waals surface area (Å²) < 4.78 is 13.6. The molecular formula is C15H20BrFN2O. The SMILES string of the molecule is CCN1CCCC1CN(C)C(=O)c1ccc(F)cc1Br. The third-order valence-electron chi connectivity index (χ3n) is 3.90. The zero-order valence-electron chi connectivity index (χ0n) is 11.9. The zero-order valence-corrected chi connectivity index (χ0v) is 13.5. The largest absolute Gasteiger partial charge is 0.340 e. The molecule has 1 heterocycles. The molecule has 0 aliphatic carbocycles. The van der Waals surface area contributed by atoms with Crippen LogP contribution in [-0.4, -0.2) is 48.4 Å². The second kappa shape index (κ2) is 6.68. The van der Waals surface area contributed by atoms with E-state index in [0.29, 0.717) is 16.1 Å². The number of rotatable bonds is 4. The monoisotopic (exact) mass is 342 g/mol. The average Bonchev–Trinajstić information content (AvgIpc) is 2.85. The molecule has 1 saturated heterocycles. The maximum absolute atomic E-state index is 13.1. The predicted octanol–water partition coefficient (Wildman–Crippen LogP) is 3.14. The second-order valence-electron chi connectivity index (χ2n) is 5.23. The Morgan fingerprint density at radius 2 is 2.30 bits per heavy atom. The van der Waals surface area contributed by atoms with Crippen LogP contribution in [0.3, 0.4) is 0 Å². The summed E-state index contributed by atoms with van der Waals surface area (Å²) in [5.41, 5.74) is 0.509. The maximum Gasteiger partial charge on any atom is 0.254 e. The van der Waals surface area contributed by atoms with Gasteiger partial charge in [0.25, 0.3) is 5.91 Å². The van der Waals surface area contributed by atoms with Gasteiger partial charge in [-0.05, 0) is 60.1 Å². The van der Waals surface area contributed by atoms with Crippen LogP contribution in [-0.2, 0) is 0 Å². The molecular weight excluding hydrogens is 323 g/mol. The first-order chi connectivity index (χ1) is 9.52. The molecule has 1 aromatic carbocycles. The van der Waals surface area contributed by atoms with E-state index in [0.717, 1.165) is 26.1 Å². The van der Waals surface area contributed by atoms with Gasteiger partial charge in [0.1, 0.15) is 5.82 Å². The molecule has 1 fully saturated rings. The van der Waals surface area contributed by atoms with Crippen molar-refractivity contribution in [2.75, 3.05) is 26.7 Å². The Morgan fingerprint density at radius 1 is 1.55 bits per heavy atom. The molecule has 1 aromatic rings. The van der Waals surface area contributed by atoms with Crippen molar-refractivity contribution in [3.05, 3.63) is 34.1 Å². The summed E-state index contributed by atoms with van der Waals surface area (Å²) in [6.45, 7) is 5.00. The summed E-state index contributed by atoms with van der Waals surface area (Å²) in [6, 6.07) is 4.62. The molecule has 3 nitrogen and oxygen atoms in total. The number of carbonyl (C=O) groups is 1. The van der Waals surface area contributed by atoms with Gasteiger partial charge < -0.3 is 4.90 Å². The van der Waals surface area contributed by atoms with Crippen LogP contribution in [0.2, 0.25) is 0 Å². The van der Waals surface area contributed by atoms with E-state index in [2.05, 4.69) is 27.8 Å². The first-order valence-electron chi connectivity index (χ1n) is 6.97. The van der Waals surface area contributed by atoms with Crippen molar-refractivity contribution in [2.45, 2.75) is 25.8 Å². The van der Waals surface area contributed by atoms with Crippen LogP contribution in [0.1, 0.15) is 30.1 Å². The molecule has 2 rings (SSSR count). The van der Waals surface area contributed by atoms with Gasteiger partial charge in [0.05, 0.1) is 5.56 Å². The van der Waals surface area contributed by atoms with E-state index in [1.54, 1.807) is 4.90 Å². The quantitative estimate of drug-likeness (QED) is 0.839. The van der Waals surface area contributed by atoms with Gasteiger partial charge in [0.15, 0.2) is 0 Å². The molecule has 110 valence electrons. The molecule has 1 unspecified atom stereocenters. The van der Waals surface area contributed by atoms with Gasteiger partial charge in [-0.3, -0.25) is 9.69 Å². The van der Waals surface area contributed by atoms with Crippen molar-refractivity contribution in [2.24, 2.45) is 0 Å². The van der Waals surface area contributed by atoms with E-state index in [1.807, 2.05) is 7.05 Å². The highest BCUT2D eigenvalue weighted by atomic mass is 79.9. The fourth-order valence-electron chi connectivity index (χ4n) is 2.79. The Labute approximate surface area is 127 Å². The lowest BCUT2D eigenvalue weighted by atomic mass is 10.1. The van der Waals surface area contributed by atoms with Crippen LogP contribution in [0.25, 0.3) is 0 Å². The van der Waals surface area contributed by atoms with E-state index < -0.39 is 0 Å². The number of likely N-dealkylation sites (tertiary alicyclic amines) is 1. The van der Waals surface area contributed by atoms with Crippen molar-refractivity contribution in [1.82, 2.24) is 9.80 Å². The van der Waals surface area contributed by atoms with Crippen molar-refractivity contribution < 1.29 is 9.18 Å². The Bertz CT molecular complexity index is 495. The van der Waals surface area contributed by atoms with Gasteiger partial charge in [-0.15, -0.1) is 0 Å². The predicted molar refractivity (Wildman–Crippen MR) is 81.3 cm³/mol. The molecule has 0 bridgehead atoms. The van der Waals surface area contributed by atoms with Gasteiger partial charge in [-0.2, -0.15) is 0 Å². The third kappa shape index (κ3) is 3.38. The van der Waals surface area contributed by atoms with E-state index in [4.69, 9.17) is 0 Å². The second-order valence-corrected chi connectivity index (χ2v) is 6.09. The van der Waals surface area contributed by atoms with Crippen LogP contribution < -0.4 is 0 Å². The molecule has 0 saturated carbocycles. The van der Waals surface area contributed by atoms with Crippen molar-refractivity contribution in [3.63, 3.8) is 0 Å². The number of hydrogen-bond donors (Lipinski definition) is 0. The number of hydrogen-bond acceptors (Lipinski definition) is 2. The summed E-state index contributed by atoms with van der Waals surface area (Å²) in [6.07, 6.45) is 2.33. The molecule has 20 heavy (non-hydrogen) atoms. The molecule has 0 spiro atoms. The molecule has 0 aromatic heterocycles. The van der Waals surface area contributed by atoms with Crippen molar-refractivity contribution in [1.29, 1.82) is 0 Å². The molecule has 1 aliphatic rings. The van der Waals surface area contributed by atoms with Crippen LogP contribution in [0.5, 0.6) is 0 Å². The van der Waals surface area contributed by atoms with E-state index in [9.17, 15) is 9.18 Å². The average molecular weight is 343 g/mol. The summed E-state index contributed by atoms with van der Waals surface area (Å²) in [5, 5.41) is 0. The highest BCUT2D eigenvalue weighted by Gasteiger charge is 2.26. The molecule has 0 radical (unpaired) electrons. The lowest BCUT2D eigenvalue weighted by Crippen LogP contribution is -2.41. The number of nitrogens with zero attached hydrogens (tertiary/aromatic N) is 2. The Morgan fingerprint density at radius 3 is 2.95 bits per heavy atom. The maximum atomic E-state index is 13.1. The summed E-state index contributed by atoms with van der Waals surface area (Å²) >= 11 is 3.26. The summed E-state index contributed by atoms with van der Waals surface area (Å²) in [5.74, 6) is -0.413. The molecule has 1 amide bonds. The smallest absolute Gasteiger partial charge is 0.254 e. The standard InChI is InChI=1S/C15H20BrFN2O/c1-3-19-8-4-5-12(19)10-18(2)15(20)13-7-6-11(17)9-14(13)16/h6-7,9,12H,3-5,8,10H2,1-2H3. The highest BCUT2D eigenvalue weighted by Crippen LogP contribution is 2.21. The fraction of sp³-hybridized carbons (Fsp3) is 0.533. The first-order valence-corrected chi connectivity index (χ1v) is 7.76. The summed E-state index contributed by atoms with van der Waals surface area (Å²) in [4.78, 5) is 16.6. The minimum Gasteiger partial charge on any atom is -0.340 e. The van der Waals surface area contributed by atoms with E-state index in [-0.39, 0.29) is 11.7 Å². The lowest BCUT2D eigenvalue weighted by molar-refractivity contribution is 0.0753. The van der Waals surface area contributed by atoms with Crippen molar-refractivity contribution in [3.8, 4) is 0 Å². The van der Waals surface area contributed by atoms with Gasteiger partial charge in [0, 0.05) is 24.1 Å². The van der Waals surface area contributed by atoms with Gasteiger partial charge >= 0.3 is 0 Å². The van der Waals surface area contributed by atoms with Gasteiger partial charge in [-0.1, -0.05) is 6.92 Å². The number of carbonyl (C=O) groups excluding carboxylic acids is 1. The van der Waals surface area contributed by atoms with E-state index >= 15 is 0 Å². The molecule has 5 heteroatoms. The zero-order chi connectivity index (χ0) is 14.7. The third-order valence-corrected chi connectivity index (χ3v) is 4.55. The number of amides is 1. The van der Waals surface area contributed by atoms with Gasteiger partial charge in [0.2, 0.25) is 0 Å². The van der Waals surface area contributed by atoms with E-state index in [1.165, 1.54) is 24.6 Å². The topological polar surface area (TPSA) is 23.6 Å². The molecule has 1 atom stereocenters. The fourth-order valence-corrected chi connectivity index (χ4v) is 3.31. The summed E-state index contributed by atoms with van der Waals surface area (Å²) in [7, 11) is 1.81. The lowest BCUT2D eigenvalue weighted by Gasteiger charge is -2.28. The van der Waals surface area contributed by atoms with Crippen LogP contribution in [0, 0.1) is 5.82 Å². The van der Waals surface area contributed by atoms with Gasteiger partial charge in [-0.25, -0.2) is 4.39 Å².